The van der Waals surface area contributed by atoms with E-state index in [1.165, 1.54) is 4.90 Å². The average molecular weight is 540 g/mol. The molecule has 4 aromatic rings. The van der Waals surface area contributed by atoms with Crippen LogP contribution in [0.1, 0.15) is 57.7 Å². The molecule has 1 saturated carbocycles. The maximum atomic E-state index is 12.4. The summed E-state index contributed by atoms with van der Waals surface area (Å²) in [5.74, 6) is 2.12. The largest absolute Gasteiger partial charge is 0.468 e. The van der Waals surface area contributed by atoms with Crippen LogP contribution in [0.5, 0.6) is 5.88 Å². The molecule has 9 nitrogen and oxygen atoms in total. The van der Waals surface area contributed by atoms with Gasteiger partial charge < -0.3 is 14.9 Å². The zero-order chi connectivity index (χ0) is 28.2. The van der Waals surface area contributed by atoms with E-state index in [2.05, 4.69) is 28.4 Å². The average Bonchev–Trinajstić information content (AvgIpc) is 3.35. The highest BCUT2D eigenvalue weighted by Crippen LogP contribution is 2.50. The highest BCUT2D eigenvalue weighted by atomic mass is 16.5. The topological polar surface area (TPSA) is 114 Å². The molecule has 2 aliphatic rings. The van der Waals surface area contributed by atoms with E-state index >= 15 is 0 Å². The van der Waals surface area contributed by atoms with E-state index in [1.54, 1.807) is 0 Å². The SMILES string of the molecule is CCc1nnc2n1-c1cc(-c3ccccc3)c(-c3ccc([C@]4(N(C(=O)O)C(C)(C)C)C[C@H](O)C4)cc3)nc1OC2. The molecule has 40 heavy (non-hydrogen) atoms. The molecule has 0 atom stereocenters. The standard InChI is InChI=1S/C31H33N5O4/c1-5-25-33-34-26-18-40-28-24(35(25)26)15-23(19-9-7-6-8-10-19)27(32-28)20-11-13-21(14-12-20)31(16-22(37)17-31)36(29(38)39)30(2,3)4/h6-15,22,37H,5,16-18H2,1-4H3,(H,38,39)/t22-,31-. The van der Waals surface area contributed by atoms with Crippen molar-refractivity contribution in [2.45, 2.75) is 70.7 Å². The fourth-order valence-electron chi connectivity index (χ4n) is 6.21. The maximum absolute atomic E-state index is 12.4. The lowest BCUT2D eigenvalue weighted by molar-refractivity contribution is -0.0973. The molecule has 3 heterocycles. The van der Waals surface area contributed by atoms with Crippen LogP contribution in [0.2, 0.25) is 0 Å². The highest BCUT2D eigenvalue weighted by Gasteiger charge is 2.54. The number of amides is 1. The van der Waals surface area contributed by atoms with Crippen molar-refractivity contribution in [3.63, 3.8) is 0 Å². The summed E-state index contributed by atoms with van der Waals surface area (Å²) in [5, 5.41) is 29.1. The van der Waals surface area contributed by atoms with Gasteiger partial charge in [0.15, 0.2) is 12.4 Å². The Labute approximate surface area is 233 Å². The third-order valence-corrected chi connectivity index (χ3v) is 7.88. The molecular weight excluding hydrogens is 506 g/mol. The minimum Gasteiger partial charge on any atom is -0.468 e. The van der Waals surface area contributed by atoms with Gasteiger partial charge in [-0.15, -0.1) is 10.2 Å². The van der Waals surface area contributed by atoms with Crippen LogP contribution in [-0.4, -0.2) is 52.6 Å². The number of carbonyl (C=O) groups is 1. The molecule has 0 radical (unpaired) electrons. The van der Waals surface area contributed by atoms with Gasteiger partial charge in [0.2, 0.25) is 5.88 Å². The minimum absolute atomic E-state index is 0.290. The molecule has 0 spiro atoms. The molecule has 1 amide bonds. The first-order valence-electron chi connectivity index (χ1n) is 13.6. The van der Waals surface area contributed by atoms with Crippen molar-refractivity contribution in [1.82, 2.24) is 24.6 Å². The van der Waals surface area contributed by atoms with Crippen LogP contribution in [0.25, 0.3) is 28.1 Å². The molecule has 1 aliphatic carbocycles. The smallest absolute Gasteiger partial charge is 0.408 e. The summed E-state index contributed by atoms with van der Waals surface area (Å²) in [7, 11) is 0. The quantitative estimate of drug-likeness (QED) is 0.340. The predicted molar refractivity (Wildman–Crippen MR) is 150 cm³/mol. The summed E-state index contributed by atoms with van der Waals surface area (Å²) in [4.78, 5) is 18.9. The number of aryl methyl sites for hydroxylation is 1. The number of pyridine rings is 1. The molecule has 9 heteroatoms. The number of hydrogen-bond donors (Lipinski definition) is 2. The van der Waals surface area contributed by atoms with Gasteiger partial charge in [-0.25, -0.2) is 9.78 Å². The number of hydrogen-bond acceptors (Lipinski definition) is 6. The van der Waals surface area contributed by atoms with Crippen molar-refractivity contribution >= 4 is 6.09 Å². The number of aliphatic hydroxyl groups excluding tert-OH is 1. The zero-order valence-corrected chi connectivity index (χ0v) is 23.1. The first-order valence-corrected chi connectivity index (χ1v) is 13.6. The molecule has 0 unspecified atom stereocenters. The number of aliphatic hydroxyl groups is 1. The first-order chi connectivity index (χ1) is 19.1. The second-order valence-corrected chi connectivity index (χ2v) is 11.5. The summed E-state index contributed by atoms with van der Waals surface area (Å²) in [6.07, 6.45) is -0.0880. The molecule has 1 fully saturated rings. The lowest BCUT2D eigenvalue weighted by Gasteiger charge is -2.56. The minimum atomic E-state index is -0.997. The van der Waals surface area contributed by atoms with Crippen LogP contribution in [0.4, 0.5) is 4.79 Å². The van der Waals surface area contributed by atoms with Crippen LogP contribution in [0, 0.1) is 0 Å². The number of benzene rings is 2. The summed E-state index contributed by atoms with van der Waals surface area (Å²) in [5.41, 5.74) is 3.84. The van der Waals surface area contributed by atoms with Crippen molar-refractivity contribution in [2.75, 3.05) is 0 Å². The molecule has 2 aromatic carbocycles. The lowest BCUT2D eigenvalue weighted by Crippen LogP contribution is -2.64. The Balaban J connectivity index is 1.47. The van der Waals surface area contributed by atoms with Crippen molar-refractivity contribution in [1.29, 1.82) is 0 Å². The molecule has 6 rings (SSSR count). The zero-order valence-electron chi connectivity index (χ0n) is 23.1. The van der Waals surface area contributed by atoms with E-state index in [0.29, 0.717) is 25.3 Å². The van der Waals surface area contributed by atoms with E-state index in [1.807, 2.05) is 74.7 Å². The van der Waals surface area contributed by atoms with Crippen LogP contribution in [-0.2, 0) is 18.6 Å². The normalized spacial score (nSPS) is 19.7. The van der Waals surface area contributed by atoms with E-state index in [0.717, 1.165) is 51.7 Å². The Hall–Kier alpha value is -4.24. The lowest BCUT2D eigenvalue weighted by atomic mass is 9.67. The van der Waals surface area contributed by atoms with Gasteiger partial charge in [-0.1, -0.05) is 61.5 Å². The van der Waals surface area contributed by atoms with Crippen molar-refractivity contribution in [2.24, 2.45) is 0 Å². The Morgan fingerprint density at radius 3 is 2.38 bits per heavy atom. The van der Waals surface area contributed by atoms with Gasteiger partial charge in [0.1, 0.15) is 11.5 Å². The summed E-state index contributed by atoms with van der Waals surface area (Å²) in [6, 6.07) is 20.1. The van der Waals surface area contributed by atoms with Gasteiger partial charge in [0, 0.05) is 35.9 Å². The number of nitrogens with zero attached hydrogens (tertiary/aromatic N) is 5. The Morgan fingerprint density at radius 1 is 1.07 bits per heavy atom. The van der Waals surface area contributed by atoms with Crippen molar-refractivity contribution < 1.29 is 19.7 Å². The van der Waals surface area contributed by atoms with E-state index in [-0.39, 0.29) is 0 Å². The fourth-order valence-corrected chi connectivity index (χ4v) is 6.21. The molecule has 2 aromatic heterocycles. The number of fused-ring (bicyclic) bond motifs is 3. The molecular formula is C31H33N5O4. The van der Waals surface area contributed by atoms with E-state index < -0.39 is 23.3 Å². The fraction of sp³-hybridized carbons (Fsp3) is 0.355. The summed E-state index contributed by atoms with van der Waals surface area (Å²) in [6.45, 7) is 7.99. The Bertz CT molecular complexity index is 1550. The number of rotatable bonds is 5. The van der Waals surface area contributed by atoms with Gasteiger partial charge >= 0.3 is 6.09 Å². The first kappa shape index (κ1) is 26.0. The third-order valence-electron chi connectivity index (χ3n) is 7.88. The second kappa shape index (κ2) is 9.45. The number of aromatic nitrogens is 4. The second-order valence-electron chi connectivity index (χ2n) is 11.5. The van der Waals surface area contributed by atoms with Gasteiger partial charge in [0.25, 0.3) is 0 Å². The molecule has 2 N–H and O–H groups in total. The van der Waals surface area contributed by atoms with Crippen LogP contribution in [0.3, 0.4) is 0 Å². The molecule has 1 aliphatic heterocycles. The summed E-state index contributed by atoms with van der Waals surface area (Å²) < 4.78 is 8.07. The summed E-state index contributed by atoms with van der Waals surface area (Å²) >= 11 is 0. The Morgan fingerprint density at radius 2 is 1.77 bits per heavy atom. The number of carboxylic acid groups (broad SMARTS) is 1. The van der Waals surface area contributed by atoms with Crippen LogP contribution >= 0.6 is 0 Å². The Kier molecular flexibility index (Phi) is 6.14. The van der Waals surface area contributed by atoms with Crippen LogP contribution in [0.15, 0.2) is 60.7 Å². The maximum Gasteiger partial charge on any atom is 0.408 e. The third kappa shape index (κ3) is 4.12. The predicted octanol–water partition coefficient (Wildman–Crippen LogP) is 5.58. The van der Waals surface area contributed by atoms with Crippen molar-refractivity contribution in [3.8, 4) is 34.0 Å². The van der Waals surface area contributed by atoms with E-state index in [9.17, 15) is 15.0 Å². The molecule has 0 bridgehead atoms. The van der Waals surface area contributed by atoms with Gasteiger partial charge in [0.05, 0.1) is 17.3 Å². The molecule has 0 saturated heterocycles. The van der Waals surface area contributed by atoms with Gasteiger partial charge in [-0.05, 0) is 38.0 Å². The van der Waals surface area contributed by atoms with Gasteiger partial charge in [-0.3, -0.25) is 9.47 Å². The van der Waals surface area contributed by atoms with E-state index in [4.69, 9.17) is 9.72 Å². The monoisotopic (exact) mass is 539 g/mol. The number of ether oxygens (including phenoxy) is 1. The van der Waals surface area contributed by atoms with Crippen molar-refractivity contribution in [3.05, 3.63) is 77.9 Å². The van der Waals surface area contributed by atoms with Gasteiger partial charge in [-0.2, -0.15) is 0 Å². The molecule has 206 valence electrons. The highest BCUT2D eigenvalue weighted by molar-refractivity contribution is 5.83. The van der Waals surface area contributed by atoms with Crippen LogP contribution < -0.4 is 4.74 Å².